The van der Waals surface area contributed by atoms with Crippen molar-refractivity contribution in [1.82, 2.24) is 9.78 Å². The second kappa shape index (κ2) is 8.28. The van der Waals surface area contributed by atoms with Crippen LogP contribution >= 0.6 is 11.6 Å². The first-order valence-corrected chi connectivity index (χ1v) is 11.2. The van der Waals surface area contributed by atoms with Crippen LogP contribution in [0, 0.1) is 11.3 Å². The van der Waals surface area contributed by atoms with Crippen LogP contribution in [0.3, 0.4) is 0 Å². The third kappa shape index (κ3) is 3.48. The van der Waals surface area contributed by atoms with Gasteiger partial charge in [0.2, 0.25) is 11.8 Å². The molecule has 0 bridgehead atoms. The molecule has 3 aromatic heterocycles. The maximum absolute atomic E-state index is 10.0. The molecule has 0 aliphatic carbocycles. The summed E-state index contributed by atoms with van der Waals surface area (Å²) in [7, 11) is 0. The highest BCUT2D eigenvalue weighted by Gasteiger charge is 2.40. The van der Waals surface area contributed by atoms with Gasteiger partial charge in [0.1, 0.15) is 28.9 Å². The lowest BCUT2D eigenvalue weighted by atomic mass is 9.87. The molecular weight excluding hydrogens is 464 g/mol. The van der Waals surface area contributed by atoms with Gasteiger partial charge in [-0.15, -0.1) is 0 Å². The quantitative estimate of drug-likeness (QED) is 0.325. The predicted octanol–water partition coefficient (Wildman–Crippen LogP) is 6.26. The maximum atomic E-state index is 10.0. The molecule has 4 heterocycles. The van der Waals surface area contributed by atoms with E-state index in [4.69, 9.17) is 36.0 Å². The number of furan rings is 2. The Hall–Kier alpha value is -4.67. The summed E-state index contributed by atoms with van der Waals surface area (Å²) in [6.07, 6.45) is 1.57. The average Bonchev–Trinajstić information content (AvgIpc) is 3.63. The summed E-state index contributed by atoms with van der Waals surface area (Å²) in [6.45, 7) is 0. The second-order valence-corrected chi connectivity index (χ2v) is 8.37. The van der Waals surface area contributed by atoms with Gasteiger partial charge in [-0.2, -0.15) is 15.0 Å². The van der Waals surface area contributed by atoms with Gasteiger partial charge in [0, 0.05) is 10.6 Å². The largest absolute Gasteiger partial charge is 0.463 e. The van der Waals surface area contributed by atoms with Crippen molar-refractivity contribution < 1.29 is 13.6 Å². The molecule has 6 rings (SSSR count). The molecule has 2 N–H and O–H groups in total. The Morgan fingerprint density at radius 2 is 1.83 bits per heavy atom. The van der Waals surface area contributed by atoms with Crippen LogP contribution in [-0.2, 0) is 0 Å². The molecule has 1 atom stereocenters. The molecule has 0 spiro atoms. The van der Waals surface area contributed by atoms with Crippen LogP contribution < -0.4 is 10.5 Å². The molecular formula is C27H17ClN4O3. The van der Waals surface area contributed by atoms with Crippen molar-refractivity contribution in [2.75, 3.05) is 0 Å². The number of hydrogen-bond acceptors (Lipinski definition) is 6. The van der Waals surface area contributed by atoms with Gasteiger partial charge in [0.15, 0.2) is 5.76 Å². The number of aromatic nitrogens is 2. The van der Waals surface area contributed by atoms with E-state index in [2.05, 4.69) is 6.07 Å². The topological polar surface area (TPSA) is 103 Å². The van der Waals surface area contributed by atoms with Crippen LogP contribution in [0.1, 0.15) is 17.2 Å². The number of benzene rings is 2. The summed E-state index contributed by atoms with van der Waals surface area (Å²) >= 11 is 6.17. The van der Waals surface area contributed by atoms with Gasteiger partial charge in [0.05, 0.1) is 23.4 Å². The Balaban J connectivity index is 1.58. The van der Waals surface area contributed by atoms with Crippen LogP contribution in [0.4, 0.5) is 0 Å². The van der Waals surface area contributed by atoms with Gasteiger partial charge in [-0.1, -0.05) is 41.9 Å². The van der Waals surface area contributed by atoms with E-state index in [-0.39, 0.29) is 11.5 Å². The number of halogens is 1. The van der Waals surface area contributed by atoms with E-state index >= 15 is 0 Å². The molecule has 7 nitrogen and oxygen atoms in total. The van der Waals surface area contributed by atoms with Gasteiger partial charge < -0.3 is 19.3 Å². The molecule has 0 saturated heterocycles. The molecule has 5 aromatic rings. The molecule has 1 aliphatic heterocycles. The normalized spacial score (nSPS) is 14.9. The van der Waals surface area contributed by atoms with Crippen LogP contribution in [0.2, 0.25) is 5.02 Å². The summed E-state index contributed by atoms with van der Waals surface area (Å²) in [5.41, 5.74) is 9.23. The van der Waals surface area contributed by atoms with Crippen molar-refractivity contribution in [2.24, 2.45) is 5.73 Å². The Labute approximate surface area is 205 Å². The lowest BCUT2D eigenvalue weighted by Crippen LogP contribution is -2.21. The molecule has 1 unspecified atom stereocenters. The number of nitriles is 1. The van der Waals surface area contributed by atoms with Crippen molar-refractivity contribution >= 4 is 11.6 Å². The fraction of sp³-hybridized carbons (Fsp3) is 0.0370. The van der Waals surface area contributed by atoms with Gasteiger partial charge in [-0.25, -0.2) is 0 Å². The highest BCUT2D eigenvalue weighted by Crippen LogP contribution is 2.48. The number of allylic oxidation sites excluding steroid dienone is 1. The number of nitrogens with two attached hydrogens (primary N) is 1. The zero-order chi connectivity index (χ0) is 23.9. The van der Waals surface area contributed by atoms with Crippen LogP contribution in [0.15, 0.2) is 105 Å². The summed E-state index contributed by atoms with van der Waals surface area (Å²) in [5.74, 6) is 1.39. The molecule has 35 heavy (non-hydrogen) atoms. The molecule has 8 heteroatoms. The zero-order valence-corrected chi connectivity index (χ0v) is 18.9. The highest BCUT2D eigenvalue weighted by atomic mass is 35.5. The number of ether oxygens (including phenoxy) is 1. The molecule has 2 aromatic carbocycles. The number of fused-ring (bicyclic) bond motifs is 1. The van der Waals surface area contributed by atoms with E-state index in [1.54, 1.807) is 23.1 Å². The lowest BCUT2D eigenvalue weighted by Gasteiger charge is -2.23. The Kier molecular flexibility index (Phi) is 4.94. The maximum Gasteiger partial charge on any atom is 0.229 e. The molecule has 0 radical (unpaired) electrons. The number of nitrogens with zero attached hydrogens (tertiary/aromatic N) is 3. The van der Waals surface area contributed by atoms with E-state index in [9.17, 15) is 5.26 Å². The van der Waals surface area contributed by atoms with E-state index < -0.39 is 5.92 Å². The first kappa shape index (κ1) is 20.9. The van der Waals surface area contributed by atoms with Crippen molar-refractivity contribution in [1.29, 1.82) is 5.26 Å². The Morgan fingerprint density at radius 3 is 2.57 bits per heavy atom. The third-order valence-corrected chi connectivity index (χ3v) is 6.06. The van der Waals surface area contributed by atoms with Crippen LogP contribution in [-0.4, -0.2) is 9.78 Å². The predicted molar refractivity (Wildman–Crippen MR) is 130 cm³/mol. The molecule has 0 fully saturated rings. The van der Waals surface area contributed by atoms with Crippen LogP contribution in [0.25, 0.3) is 28.5 Å². The van der Waals surface area contributed by atoms with Gasteiger partial charge >= 0.3 is 0 Å². The fourth-order valence-corrected chi connectivity index (χ4v) is 4.46. The SMILES string of the molecule is N#CC1=C(N)Oc2c(c(-c3ccco3)nn2-c2ccccc2)C1c1ccc(-c2cccc(Cl)c2)o1. The van der Waals surface area contributed by atoms with Gasteiger partial charge in [-0.05, 0) is 48.5 Å². The Morgan fingerprint density at radius 1 is 0.971 bits per heavy atom. The number of para-hydroxylation sites is 1. The first-order valence-electron chi connectivity index (χ1n) is 10.8. The minimum absolute atomic E-state index is 0.00576. The van der Waals surface area contributed by atoms with Crippen molar-refractivity contribution in [3.63, 3.8) is 0 Å². The summed E-state index contributed by atoms with van der Waals surface area (Å²) < 4.78 is 19.6. The minimum atomic E-state index is -0.658. The molecule has 1 aliphatic rings. The smallest absolute Gasteiger partial charge is 0.229 e. The van der Waals surface area contributed by atoms with E-state index in [1.807, 2.05) is 66.7 Å². The van der Waals surface area contributed by atoms with Crippen molar-refractivity contribution in [3.8, 4) is 40.4 Å². The lowest BCUT2D eigenvalue weighted by molar-refractivity contribution is 0.361. The number of rotatable bonds is 4. The van der Waals surface area contributed by atoms with Crippen LogP contribution in [0.5, 0.6) is 5.88 Å². The zero-order valence-electron chi connectivity index (χ0n) is 18.2. The Bertz CT molecular complexity index is 1610. The monoisotopic (exact) mass is 480 g/mol. The summed E-state index contributed by atoms with van der Waals surface area (Å²) in [4.78, 5) is 0. The summed E-state index contributed by atoms with van der Waals surface area (Å²) in [5, 5.41) is 15.5. The van der Waals surface area contributed by atoms with Crippen molar-refractivity contribution in [2.45, 2.75) is 5.92 Å². The minimum Gasteiger partial charge on any atom is -0.463 e. The molecule has 170 valence electrons. The van der Waals surface area contributed by atoms with E-state index in [0.29, 0.717) is 39.4 Å². The fourth-order valence-electron chi connectivity index (χ4n) is 4.27. The van der Waals surface area contributed by atoms with Gasteiger partial charge in [0.25, 0.3) is 0 Å². The standard InChI is InChI=1S/C27H17ClN4O3/c28-17-7-4-6-16(14-17)20-11-12-21(34-20)23-19(15-29)26(30)35-27-24(23)25(22-10-5-13-33-22)31-32(27)18-8-2-1-3-9-18/h1-14,23H,30H2. The average molecular weight is 481 g/mol. The van der Waals surface area contributed by atoms with E-state index in [1.165, 1.54) is 0 Å². The van der Waals surface area contributed by atoms with Gasteiger partial charge in [-0.3, -0.25) is 0 Å². The second-order valence-electron chi connectivity index (χ2n) is 7.93. The van der Waals surface area contributed by atoms with E-state index in [0.717, 1.165) is 11.3 Å². The molecule has 0 amide bonds. The summed E-state index contributed by atoms with van der Waals surface area (Å²) in [6, 6.07) is 26.4. The first-order chi connectivity index (χ1) is 17.1. The van der Waals surface area contributed by atoms with Crippen molar-refractivity contribution in [3.05, 3.63) is 113 Å². The highest BCUT2D eigenvalue weighted by molar-refractivity contribution is 6.30. The third-order valence-electron chi connectivity index (χ3n) is 5.82. The molecule has 0 saturated carbocycles. The number of hydrogen-bond donors (Lipinski definition) is 1.